The van der Waals surface area contributed by atoms with E-state index < -0.39 is 0 Å². The summed E-state index contributed by atoms with van der Waals surface area (Å²) in [6, 6.07) is 0. The zero-order valence-electron chi connectivity index (χ0n) is 6.40. The quantitative estimate of drug-likeness (QED) is 0.653. The van der Waals surface area contributed by atoms with E-state index in [1.54, 1.807) is 0 Å². The number of rotatable bonds is 1. The first-order valence-electron chi connectivity index (χ1n) is 4.12. The van der Waals surface area contributed by atoms with Crippen LogP contribution in [0, 0.1) is 5.92 Å². The first-order valence-corrected chi connectivity index (χ1v) is 7.43. The van der Waals surface area contributed by atoms with Gasteiger partial charge in [-0.15, -0.1) is 0 Å². The van der Waals surface area contributed by atoms with Crippen LogP contribution < -0.4 is 0 Å². The minimum absolute atomic E-state index is 0.293. The fraction of sp³-hybridized carbons (Fsp3) is 1.00. The summed E-state index contributed by atoms with van der Waals surface area (Å²) >= 11 is 1.00. The third kappa shape index (κ3) is 2.04. The minimum atomic E-state index is 0.293. The summed E-state index contributed by atoms with van der Waals surface area (Å²) < 4.78 is 8.97. The molecule has 1 rings (SSSR count). The van der Waals surface area contributed by atoms with Crippen molar-refractivity contribution in [1.29, 1.82) is 0 Å². The number of hydrogen-bond donors (Lipinski definition) is 0. The molecule has 1 fully saturated rings. The summed E-state index contributed by atoms with van der Waals surface area (Å²) in [5.41, 5.74) is 0. The molecule has 0 aliphatic heterocycles. The van der Waals surface area contributed by atoms with Crippen LogP contribution >= 0.6 is 0 Å². The van der Waals surface area contributed by atoms with Gasteiger partial charge in [-0.25, -0.2) is 0 Å². The van der Waals surface area contributed by atoms with Crippen molar-refractivity contribution in [3.8, 4) is 0 Å². The molecule has 0 aromatic heterocycles. The van der Waals surface area contributed by atoms with Crippen LogP contribution in [0.15, 0.2) is 0 Å². The predicted octanol–water partition coefficient (Wildman–Crippen LogP) is 2.53. The Morgan fingerprint density at radius 2 is 2.12 bits per heavy atom. The molecule has 0 N–H and O–H groups in total. The van der Waals surface area contributed by atoms with Gasteiger partial charge in [0.05, 0.1) is 0 Å². The van der Waals surface area contributed by atoms with Gasteiger partial charge >= 0.3 is 69.4 Å². The molecule has 0 aromatic carbocycles. The fourth-order valence-electron chi connectivity index (χ4n) is 1.28. The molecule has 0 heterocycles. The van der Waals surface area contributed by atoms with Crippen LogP contribution in [0.25, 0.3) is 0 Å². The van der Waals surface area contributed by atoms with E-state index in [1.165, 1.54) is 29.6 Å². The molecule has 1 saturated carbocycles. The molecule has 0 aromatic rings. The van der Waals surface area contributed by atoms with E-state index in [2.05, 4.69) is 0 Å². The molecule has 0 radical (unpaired) electrons. The Balaban J connectivity index is 2.18. The van der Waals surface area contributed by atoms with Crippen LogP contribution in [-0.2, 0) is 26.1 Å². The van der Waals surface area contributed by atoms with Crippen LogP contribution in [0.3, 0.4) is 0 Å². The Morgan fingerprint density at radius 1 is 1.50 bits per heavy atom. The van der Waals surface area contributed by atoms with Crippen LogP contribution in [-0.4, -0.2) is 0 Å². The van der Waals surface area contributed by atoms with E-state index >= 15 is 0 Å². The SMILES string of the molecule is [2H]C1CCC([CH2][Hg])CC1. The van der Waals surface area contributed by atoms with Gasteiger partial charge in [-0.1, -0.05) is 0 Å². The molecule has 1 aliphatic rings. The molecule has 43 valence electrons. The predicted molar refractivity (Wildman–Crippen MR) is 31.4 cm³/mol. The molecule has 0 bridgehead atoms. The van der Waals surface area contributed by atoms with Gasteiger partial charge in [0, 0.05) is 0 Å². The van der Waals surface area contributed by atoms with Crippen molar-refractivity contribution in [2.75, 3.05) is 0 Å². The first kappa shape index (κ1) is 5.70. The van der Waals surface area contributed by atoms with Crippen LogP contribution in [0.5, 0.6) is 0 Å². The van der Waals surface area contributed by atoms with E-state index in [0.29, 0.717) is 6.40 Å². The second-order valence-electron chi connectivity index (χ2n) is 2.60. The monoisotopic (exact) mass is 300 g/mol. The zero-order chi connectivity index (χ0) is 6.69. The molecular formula is C7H13Hg. The van der Waals surface area contributed by atoms with Crippen molar-refractivity contribution in [3.05, 3.63) is 0 Å². The molecule has 0 spiro atoms. The molecule has 0 atom stereocenters. The third-order valence-corrected chi connectivity index (χ3v) is 5.14. The maximum atomic E-state index is 7.45. The van der Waals surface area contributed by atoms with Gasteiger partial charge in [0.2, 0.25) is 0 Å². The van der Waals surface area contributed by atoms with Crippen LogP contribution in [0.2, 0.25) is 3.93 Å². The van der Waals surface area contributed by atoms with Crippen molar-refractivity contribution < 1.29 is 27.5 Å². The fourth-order valence-corrected chi connectivity index (χ4v) is 3.53. The topological polar surface area (TPSA) is 0 Å². The van der Waals surface area contributed by atoms with E-state index in [4.69, 9.17) is 1.37 Å². The molecule has 0 amide bonds. The third-order valence-electron chi connectivity index (χ3n) is 1.97. The summed E-state index contributed by atoms with van der Waals surface area (Å²) in [6.07, 6.45) is 5.38. The second kappa shape index (κ2) is 3.87. The second-order valence-corrected chi connectivity index (χ2v) is 4.84. The van der Waals surface area contributed by atoms with E-state index in [-0.39, 0.29) is 0 Å². The van der Waals surface area contributed by atoms with Gasteiger partial charge in [-0.05, 0) is 0 Å². The molecule has 8 heavy (non-hydrogen) atoms. The van der Waals surface area contributed by atoms with Gasteiger partial charge in [0.15, 0.2) is 0 Å². The van der Waals surface area contributed by atoms with E-state index in [0.717, 1.165) is 32.0 Å². The molecular weight excluding hydrogens is 285 g/mol. The molecule has 1 aliphatic carbocycles. The summed E-state index contributed by atoms with van der Waals surface area (Å²) in [5.74, 6) is 1.04. The van der Waals surface area contributed by atoms with Crippen LogP contribution in [0.4, 0.5) is 0 Å². The van der Waals surface area contributed by atoms with Gasteiger partial charge in [0.1, 0.15) is 0 Å². The van der Waals surface area contributed by atoms with Crippen LogP contribution in [0.1, 0.15) is 33.5 Å². The van der Waals surface area contributed by atoms with Crippen molar-refractivity contribution in [1.82, 2.24) is 0 Å². The molecule has 0 unspecified atom stereocenters. The van der Waals surface area contributed by atoms with Gasteiger partial charge in [-0.2, -0.15) is 0 Å². The van der Waals surface area contributed by atoms with Crippen molar-refractivity contribution >= 4 is 0 Å². The Labute approximate surface area is 69.4 Å². The Kier molecular flexibility index (Phi) is 2.75. The Hall–Kier alpha value is 0.935. The average Bonchev–Trinajstić information content (AvgIpc) is 1.90. The molecule has 0 saturated heterocycles. The van der Waals surface area contributed by atoms with Gasteiger partial charge < -0.3 is 0 Å². The average molecular weight is 299 g/mol. The normalized spacial score (nSPS) is 41.5. The molecule has 0 nitrogen and oxygen atoms in total. The van der Waals surface area contributed by atoms with E-state index in [9.17, 15) is 0 Å². The van der Waals surface area contributed by atoms with E-state index in [1.807, 2.05) is 0 Å². The summed E-state index contributed by atoms with van der Waals surface area (Å²) in [7, 11) is 0. The summed E-state index contributed by atoms with van der Waals surface area (Å²) in [5, 5.41) is 0. The standard InChI is InChI=1S/C7H13.Hg/c1-7-5-3-2-4-6-7;/h7H,1-6H2;/i2D;. The summed E-state index contributed by atoms with van der Waals surface area (Å²) in [4.78, 5) is 0. The first-order chi connectivity index (χ1) is 4.33. The zero-order valence-corrected chi connectivity index (χ0v) is 10.9. The Morgan fingerprint density at radius 3 is 2.62 bits per heavy atom. The number of hydrogen-bond acceptors (Lipinski definition) is 0. The Bertz CT molecular complexity index is 77.0. The molecule has 1 heteroatoms. The van der Waals surface area contributed by atoms with Crippen molar-refractivity contribution in [3.63, 3.8) is 0 Å². The van der Waals surface area contributed by atoms with Crippen molar-refractivity contribution in [2.45, 2.75) is 36.0 Å². The van der Waals surface area contributed by atoms with Gasteiger partial charge in [-0.3, -0.25) is 0 Å². The summed E-state index contributed by atoms with van der Waals surface area (Å²) in [6.45, 7) is 0. The van der Waals surface area contributed by atoms with Gasteiger partial charge in [0.25, 0.3) is 0 Å². The maximum absolute atomic E-state index is 7.45. The van der Waals surface area contributed by atoms with Crippen molar-refractivity contribution in [2.24, 2.45) is 5.92 Å².